The molecular formula is C24H36N2O7S. The molecular weight excluding hydrogens is 460 g/mol. The van der Waals surface area contributed by atoms with E-state index >= 15 is 0 Å². The molecule has 0 saturated carbocycles. The summed E-state index contributed by atoms with van der Waals surface area (Å²) in [5, 5.41) is 14.5. The Hall–Kier alpha value is -2.75. The van der Waals surface area contributed by atoms with Crippen molar-refractivity contribution in [2.24, 2.45) is 5.92 Å². The molecule has 0 bridgehead atoms. The molecule has 0 aliphatic heterocycles. The third-order valence-corrected chi connectivity index (χ3v) is 6.13. The first-order valence-corrected chi connectivity index (χ1v) is 11.9. The summed E-state index contributed by atoms with van der Waals surface area (Å²) in [5.41, 5.74) is 0.584. The average molecular weight is 497 g/mol. The fourth-order valence-electron chi connectivity index (χ4n) is 3.02. The van der Waals surface area contributed by atoms with Crippen LogP contribution in [0.3, 0.4) is 0 Å². The van der Waals surface area contributed by atoms with Gasteiger partial charge in [0.2, 0.25) is 11.8 Å². The molecule has 190 valence electrons. The van der Waals surface area contributed by atoms with E-state index in [0.29, 0.717) is 17.1 Å². The minimum atomic E-state index is -1.20. The lowest BCUT2D eigenvalue weighted by Crippen LogP contribution is -2.54. The number of methoxy groups -OCH3 is 2. The van der Waals surface area contributed by atoms with Crippen molar-refractivity contribution in [2.75, 3.05) is 20.0 Å². The van der Waals surface area contributed by atoms with Gasteiger partial charge >= 0.3 is 5.97 Å². The van der Waals surface area contributed by atoms with E-state index < -0.39 is 36.3 Å². The summed E-state index contributed by atoms with van der Waals surface area (Å²) >= 11 is 1.37. The van der Waals surface area contributed by atoms with Gasteiger partial charge in [-0.1, -0.05) is 34.6 Å². The zero-order valence-electron chi connectivity index (χ0n) is 20.9. The number of carboxylic acid groups (broad SMARTS) is 1. The van der Waals surface area contributed by atoms with Gasteiger partial charge in [-0.25, -0.2) is 0 Å². The van der Waals surface area contributed by atoms with Gasteiger partial charge in [0.15, 0.2) is 5.78 Å². The maximum absolute atomic E-state index is 13.0. The Morgan fingerprint density at radius 3 is 2.21 bits per heavy atom. The summed E-state index contributed by atoms with van der Waals surface area (Å²) in [6.45, 7) is 9.33. The largest absolute Gasteiger partial charge is 0.497 e. The molecule has 34 heavy (non-hydrogen) atoms. The SMILES string of the molecule is COc1ccc(OC)c(CC(=O)N[C@H](C(=O)N[C@@H](CC(=O)O)C(=O)CSC(C)(C)C)C(C)C)c1. The molecule has 0 spiro atoms. The van der Waals surface area contributed by atoms with E-state index in [0.717, 1.165) is 0 Å². The van der Waals surface area contributed by atoms with Crippen LogP contribution >= 0.6 is 11.8 Å². The van der Waals surface area contributed by atoms with Gasteiger partial charge in [0.05, 0.1) is 38.9 Å². The molecule has 0 aliphatic rings. The number of carbonyl (C=O) groups excluding carboxylic acids is 3. The summed E-state index contributed by atoms with van der Waals surface area (Å²) in [7, 11) is 3.00. The Morgan fingerprint density at radius 1 is 1.06 bits per heavy atom. The Balaban J connectivity index is 2.95. The predicted molar refractivity (Wildman–Crippen MR) is 131 cm³/mol. The predicted octanol–water partition coefficient (Wildman–Crippen LogP) is 2.45. The molecule has 1 rings (SSSR count). The minimum absolute atomic E-state index is 0.0589. The Labute approximate surface area is 205 Å². The fourth-order valence-corrected chi connectivity index (χ4v) is 3.80. The van der Waals surface area contributed by atoms with Crippen LogP contribution in [0.5, 0.6) is 11.5 Å². The van der Waals surface area contributed by atoms with Crippen molar-refractivity contribution in [3.8, 4) is 11.5 Å². The molecule has 0 aromatic heterocycles. The molecule has 9 nitrogen and oxygen atoms in total. The van der Waals surface area contributed by atoms with Gasteiger partial charge < -0.3 is 25.2 Å². The molecule has 0 aliphatic carbocycles. The number of hydrogen-bond acceptors (Lipinski definition) is 7. The van der Waals surface area contributed by atoms with Gasteiger partial charge in [-0.2, -0.15) is 0 Å². The van der Waals surface area contributed by atoms with Crippen LogP contribution in [-0.4, -0.2) is 65.5 Å². The number of thioether (sulfide) groups is 1. The highest BCUT2D eigenvalue weighted by atomic mass is 32.2. The summed E-state index contributed by atoms with van der Waals surface area (Å²) in [6, 6.07) is 2.94. The van der Waals surface area contributed by atoms with Crippen LogP contribution < -0.4 is 20.1 Å². The maximum Gasteiger partial charge on any atom is 0.305 e. The first-order valence-electron chi connectivity index (χ1n) is 11.0. The van der Waals surface area contributed by atoms with Crippen molar-refractivity contribution in [1.82, 2.24) is 10.6 Å². The summed E-state index contributed by atoms with van der Waals surface area (Å²) in [4.78, 5) is 49.7. The van der Waals surface area contributed by atoms with E-state index in [2.05, 4.69) is 10.6 Å². The number of aliphatic carboxylic acids is 1. The smallest absolute Gasteiger partial charge is 0.305 e. The molecule has 0 heterocycles. The van der Waals surface area contributed by atoms with E-state index in [4.69, 9.17) is 9.47 Å². The molecule has 0 fully saturated rings. The second kappa shape index (κ2) is 13.2. The van der Waals surface area contributed by atoms with Crippen molar-refractivity contribution in [1.29, 1.82) is 0 Å². The summed E-state index contributed by atoms with van der Waals surface area (Å²) in [5.74, 6) is -1.79. The first-order chi connectivity index (χ1) is 15.8. The number of amides is 2. The van der Waals surface area contributed by atoms with Crippen LogP contribution in [0.1, 0.15) is 46.6 Å². The van der Waals surface area contributed by atoms with Gasteiger partial charge in [0.25, 0.3) is 0 Å². The standard InChI is InChI=1S/C24H36N2O7S/c1-14(2)22(26-20(28)11-15-10-16(32-6)8-9-19(15)33-7)23(31)25-17(12-21(29)30)18(27)13-34-24(3,4)5/h8-10,14,17,22H,11-13H2,1-7H3,(H,25,31)(H,26,28)(H,29,30)/t17-,22-/m0/s1. The lowest BCUT2D eigenvalue weighted by molar-refractivity contribution is -0.140. The highest BCUT2D eigenvalue weighted by Gasteiger charge is 2.30. The van der Waals surface area contributed by atoms with E-state index in [1.54, 1.807) is 32.0 Å². The van der Waals surface area contributed by atoms with Crippen molar-refractivity contribution in [2.45, 2.75) is 64.3 Å². The van der Waals surface area contributed by atoms with Crippen molar-refractivity contribution >= 4 is 35.3 Å². The third-order valence-electron chi connectivity index (χ3n) is 4.84. The minimum Gasteiger partial charge on any atom is -0.497 e. The van der Waals surface area contributed by atoms with Gasteiger partial charge in [0.1, 0.15) is 17.5 Å². The molecule has 2 amide bonds. The zero-order valence-corrected chi connectivity index (χ0v) is 21.7. The number of carboxylic acids is 1. The summed E-state index contributed by atoms with van der Waals surface area (Å²) in [6.07, 6.45) is -0.592. The normalized spacial score (nSPS) is 13.1. The van der Waals surface area contributed by atoms with Crippen LogP contribution in [-0.2, 0) is 25.6 Å². The molecule has 10 heteroatoms. The average Bonchev–Trinajstić information content (AvgIpc) is 2.74. The Kier molecular flexibility index (Phi) is 11.4. The van der Waals surface area contributed by atoms with Gasteiger partial charge in [-0.15, -0.1) is 11.8 Å². The number of ketones is 1. The lowest BCUT2D eigenvalue weighted by Gasteiger charge is -2.25. The van der Waals surface area contributed by atoms with E-state index in [-0.39, 0.29) is 28.6 Å². The zero-order chi connectivity index (χ0) is 26.1. The third kappa shape index (κ3) is 10.0. The highest BCUT2D eigenvalue weighted by Crippen LogP contribution is 2.25. The van der Waals surface area contributed by atoms with Crippen LogP contribution in [0.15, 0.2) is 18.2 Å². The van der Waals surface area contributed by atoms with Crippen LogP contribution in [0.4, 0.5) is 0 Å². The molecule has 0 unspecified atom stereocenters. The number of rotatable bonds is 13. The number of Topliss-reactive ketones (excluding diaryl/α,β-unsaturated/α-hetero) is 1. The van der Waals surface area contributed by atoms with Gasteiger partial charge in [-0.05, 0) is 24.1 Å². The maximum atomic E-state index is 13.0. The second-order valence-corrected chi connectivity index (χ2v) is 11.0. The molecule has 2 atom stereocenters. The van der Waals surface area contributed by atoms with Crippen LogP contribution in [0, 0.1) is 5.92 Å². The quantitative estimate of drug-likeness (QED) is 0.380. The highest BCUT2D eigenvalue weighted by molar-refractivity contribution is 8.01. The molecule has 3 N–H and O–H groups in total. The topological polar surface area (TPSA) is 131 Å². The number of hydrogen-bond donors (Lipinski definition) is 3. The van der Waals surface area contributed by atoms with Gasteiger partial charge in [-0.3, -0.25) is 19.2 Å². The molecule has 0 saturated heterocycles. The van der Waals surface area contributed by atoms with E-state index in [1.807, 2.05) is 20.8 Å². The van der Waals surface area contributed by atoms with Crippen molar-refractivity contribution in [3.63, 3.8) is 0 Å². The summed E-state index contributed by atoms with van der Waals surface area (Å²) < 4.78 is 10.3. The van der Waals surface area contributed by atoms with E-state index in [1.165, 1.54) is 26.0 Å². The second-order valence-electron chi connectivity index (χ2n) is 9.17. The number of carbonyl (C=O) groups is 4. The van der Waals surface area contributed by atoms with Crippen LogP contribution in [0.2, 0.25) is 0 Å². The van der Waals surface area contributed by atoms with Crippen molar-refractivity contribution in [3.05, 3.63) is 23.8 Å². The number of benzene rings is 1. The number of nitrogens with one attached hydrogen (secondary N) is 2. The van der Waals surface area contributed by atoms with Crippen molar-refractivity contribution < 1.29 is 33.8 Å². The molecule has 0 radical (unpaired) electrons. The first kappa shape index (κ1) is 29.3. The van der Waals surface area contributed by atoms with E-state index in [9.17, 15) is 24.3 Å². The van der Waals surface area contributed by atoms with Crippen LogP contribution in [0.25, 0.3) is 0 Å². The lowest BCUT2D eigenvalue weighted by atomic mass is 10.0. The monoisotopic (exact) mass is 496 g/mol. The molecule has 1 aromatic carbocycles. The fraction of sp³-hybridized carbons (Fsp3) is 0.583. The van der Waals surface area contributed by atoms with Gasteiger partial charge in [0, 0.05) is 10.3 Å². The Morgan fingerprint density at radius 2 is 1.71 bits per heavy atom. The number of ether oxygens (including phenoxy) is 2. The molecule has 1 aromatic rings. The Bertz CT molecular complexity index is 881.